The highest BCUT2D eigenvalue weighted by Gasteiger charge is 1.99. The minimum absolute atomic E-state index is 0.427. The molecule has 0 amide bonds. The van der Waals surface area contributed by atoms with Crippen LogP contribution in [0.1, 0.15) is 58.8 Å². The van der Waals surface area contributed by atoms with Gasteiger partial charge >= 0.3 is 0 Å². The zero-order chi connectivity index (χ0) is 8.53. The Labute approximate surface area is 76.3 Å². The number of hydrogen-bond donors (Lipinski definition) is 0. The summed E-state index contributed by atoms with van der Waals surface area (Å²) in [6, 6.07) is 0. The first-order valence-electron chi connectivity index (χ1n) is 4.95. The van der Waals surface area contributed by atoms with Crippen LogP contribution in [-0.2, 0) is 0 Å². The van der Waals surface area contributed by atoms with E-state index < -0.39 is 0 Å². The first kappa shape index (κ1) is 11.3. The third-order valence-corrected chi connectivity index (χ3v) is 2.59. The minimum atomic E-state index is 0.427. The van der Waals surface area contributed by atoms with Crippen LogP contribution in [0.15, 0.2) is 0 Å². The van der Waals surface area contributed by atoms with Crippen molar-refractivity contribution < 1.29 is 0 Å². The van der Waals surface area contributed by atoms with E-state index in [1.165, 1.54) is 38.5 Å². The van der Waals surface area contributed by atoms with Gasteiger partial charge in [-0.3, -0.25) is 0 Å². The summed E-state index contributed by atoms with van der Waals surface area (Å²) in [5.74, 6) is 0. The second-order valence-electron chi connectivity index (χ2n) is 3.21. The molecule has 68 valence electrons. The molecule has 0 rings (SSSR count). The molecule has 0 bridgehead atoms. The van der Waals surface area contributed by atoms with E-state index in [0.717, 1.165) is 6.42 Å². The Hall–Kier alpha value is 0.290. The average Bonchev–Trinajstić information content (AvgIpc) is 2.04. The number of halogens is 1. The van der Waals surface area contributed by atoms with Crippen molar-refractivity contribution in [3.8, 4) is 0 Å². The lowest BCUT2D eigenvalue weighted by molar-refractivity contribution is 0.589. The molecule has 1 unspecified atom stereocenters. The quantitative estimate of drug-likeness (QED) is 0.399. The van der Waals surface area contributed by atoms with Gasteiger partial charge in [-0.05, 0) is 12.8 Å². The fourth-order valence-corrected chi connectivity index (χ4v) is 1.33. The molecule has 0 aliphatic rings. The van der Waals surface area contributed by atoms with Crippen molar-refractivity contribution in [2.24, 2.45) is 0 Å². The van der Waals surface area contributed by atoms with E-state index in [9.17, 15) is 0 Å². The molecule has 0 N–H and O–H groups in total. The Bertz CT molecular complexity index is 71.3. The van der Waals surface area contributed by atoms with Gasteiger partial charge in [0.25, 0.3) is 0 Å². The Kier molecular flexibility index (Phi) is 8.61. The predicted molar refractivity (Wildman–Crippen MR) is 53.3 cm³/mol. The van der Waals surface area contributed by atoms with Crippen molar-refractivity contribution in [1.82, 2.24) is 0 Å². The molecule has 0 saturated heterocycles. The molecule has 11 heavy (non-hydrogen) atoms. The third kappa shape index (κ3) is 8.19. The summed E-state index contributed by atoms with van der Waals surface area (Å²) in [5.41, 5.74) is 0. The van der Waals surface area contributed by atoms with Crippen LogP contribution in [0, 0.1) is 0 Å². The minimum Gasteiger partial charge on any atom is -0.123 e. The first-order valence-corrected chi connectivity index (χ1v) is 5.39. The van der Waals surface area contributed by atoms with Gasteiger partial charge in [0.1, 0.15) is 0 Å². The average molecular weight is 177 g/mol. The van der Waals surface area contributed by atoms with E-state index in [1.54, 1.807) is 0 Å². The van der Waals surface area contributed by atoms with Crippen molar-refractivity contribution in [2.75, 3.05) is 0 Å². The normalized spacial score (nSPS) is 13.4. The molecule has 0 aromatic rings. The van der Waals surface area contributed by atoms with Gasteiger partial charge in [-0.15, -0.1) is 11.6 Å². The molecule has 0 aliphatic carbocycles. The van der Waals surface area contributed by atoms with Crippen LogP contribution in [-0.4, -0.2) is 5.38 Å². The maximum Gasteiger partial charge on any atom is 0.0333 e. The lowest BCUT2D eigenvalue weighted by Gasteiger charge is -2.04. The largest absolute Gasteiger partial charge is 0.123 e. The van der Waals surface area contributed by atoms with Crippen LogP contribution < -0.4 is 0 Å². The molecule has 0 radical (unpaired) electrons. The highest BCUT2D eigenvalue weighted by Crippen LogP contribution is 2.12. The van der Waals surface area contributed by atoms with Crippen LogP contribution in [0.3, 0.4) is 0 Å². The van der Waals surface area contributed by atoms with E-state index in [0.29, 0.717) is 5.38 Å². The molecule has 0 aromatic heterocycles. The van der Waals surface area contributed by atoms with Crippen LogP contribution in [0.4, 0.5) is 0 Å². The fraction of sp³-hybridized carbons (Fsp3) is 1.00. The summed E-state index contributed by atoms with van der Waals surface area (Å²) in [4.78, 5) is 0. The van der Waals surface area contributed by atoms with Crippen molar-refractivity contribution in [3.63, 3.8) is 0 Å². The highest BCUT2D eigenvalue weighted by atomic mass is 35.5. The van der Waals surface area contributed by atoms with E-state index in [1.807, 2.05) is 0 Å². The monoisotopic (exact) mass is 176 g/mol. The Morgan fingerprint density at radius 3 is 2.18 bits per heavy atom. The van der Waals surface area contributed by atoms with Crippen LogP contribution in [0.2, 0.25) is 0 Å². The molecular formula is C10H21Cl. The summed E-state index contributed by atoms with van der Waals surface area (Å²) < 4.78 is 0. The smallest absolute Gasteiger partial charge is 0.0333 e. The van der Waals surface area contributed by atoms with Gasteiger partial charge in [0, 0.05) is 5.38 Å². The SMILES string of the molecule is CCCCCCCC(Cl)CC. The van der Waals surface area contributed by atoms with E-state index >= 15 is 0 Å². The molecule has 1 heteroatoms. The summed E-state index contributed by atoms with van der Waals surface area (Å²) in [6.45, 7) is 4.40. The maximum atomic E-state index is 5.98. The number of rotatable bonds is 7. The fourth-order valence-electron chi connectivity index (χ4n) is 1.17. The van der Waals surface area contributed by atoms with Crippen molar-refractivity contribution in [2.45, 2.75) is 64.2 Å². The molecular weight excluding hydrogens is 156 g/mol. The molecule has 0 spiro atoms. The maximum absolute atomic E-state index is 5.98. The van der Waals surface area contributed by atoms with Crippen molar-refractivity contribution in [1.29, 1.82) is 0 Å². The van der Waals surface area contributed by atoms with E-state index in [4.69, 9.17) is 11.6 Å². The Balaban J connectivity index is 2.89. The molecule has 0 aromatic carbocycles. The second kappa shape index (κ2) is 8.39. The zero-order valence-corrected chi connectivity index (χ0v) is 8.66. The first-order chi connectivity index (χ1) is 5.31. The highest BCUT2D eigenvalue weighted by molar-refractivity contribution is 6.20. The van der Waals surface area contributed by atoms with Gasteiger partial charge in [-0.2, -0.15) is 0 Å². The molecule has 0 fully saturated rings. The van der Waals surface area contributed by atoms with Gasteiger partial charge in [0.2, 0.25) is 0 Å². The summed E-state index contributed by atoms with van der Waals surface area (Å²) in [7, 11) is 0. The summed E-state index contributed by atoms with van der Waals surface area (Å²) in [6.07, 6.45) is 9.14. The Morgan fingerprint density at radius 1 is 1.00 bits per heavy atom. The topological polar surface area (TPSA) is 0 Å². The summed E-state index contributed by atoms with van der Waals surface area (Å²) >= 11 is 5.98. The van der Waals surface area contributed by atoms with Gasteiger partial charge in [-0.25, -0.2) is 0 Å². The molecule has 0 aliphatic heterocycles. The van der Waals surface area contributed by atoms with Crippen molar-refractivity contribution >= 4 is 11.6 Å². The molecule has 0 heterocycles. The second-order valence-corrected chi connectivity index (χ2v) is 3.83. The van der Waals surface area contributed by atoms with Gasteiger partial charge < -0.3 is 0 Å². The number of alkyl halides is 1. The van der Waals surface area contributed by atoms with Crippen molar-refractivity contribution in [3.05, 3.63) is 0 Å². The summed E-state index contributed by atoms with van der Waals surface area (Å²) in [5, 5.41) is 0.427. The third-order valence-electron chi connectivity index (χ3n) is 2.06. The van der Waals surface area contributed by atoms with E-state index in [2.05, 4.69) is 13.8 Å². The number of hydrogen-bond acceptors (Lipinski definition) is 0. The predicted octanol–water partition coefficient (Wildman–Crippen LogP) is 4.36. The van der Waals surface area contributed by atoms with Gasteiger partial charge in [0.15, 0.2) is 0 Å². The number of unbranched alkanes of at least 4 members (excludes halogenated alkanes) is 4. The van der Waals surface area contributed by atoms with Crippen LogP contribution in [0.25, 0.3) is 0 Å². The van der Waals surface area contributed by atoms with Gasteiger partial charge in [0.05, 0.1) is 0 Å². The van der Waals surface area contributed by atoms with Crippen LogP contribution in [0.5, 0.6) is 0 Å². The standard InChI is InChI=1S/C10H21Cl/c1-3-5-6-7-8-9-10(11)4-2/h10H,3-9H2,1-2H3. The lowest BCUT2D eigenvalue weighted by Crippen LogP contribution is -1.94. The molecule has 1 atom stereocenters. The van der Waals surface area contributed by atoms with Gasteiger partial charge in [-0.1, -0.05) is 46.0 Å². The lowest BCUT2D eigenvalue weighted by atomic mass is 10.1. The molecule has 0 nitrogen and oxygen atoms in total. The van der Waals surface area contributed by atoms with E-state index in [-0.39, 0.29) is 0 Å². The Morgan fingerprint density at radius 2 is 1.64 bits per heavy atom. The zero-order valence-electron chi connectivity index (χ0n) is 7.91. The van der Waals surface area contributed by atoms with Crippen LogP contribution >= 0.6 is 11.6 Å². The molecule has 0 saturated carbocycles.